The molecule has 0 spiro atoms. The van der Waals surface area contributed by atoms with E-state index < -0.39 is 0 Å². The Morgan fingerprint density at radius 3 is 2.64 bits per heavy atom. The van der Waals surface area contributed by atoms with Crippen LogP contribution in [0.25, 0.3) is 0 Å². The highest BCUT2D eigenvalue weighted by molar-refractivity contribution is 5.30. The molecule has 1 atom stereocenters. The Balaban J connectivity index is 1.46. The molecule has 1 saturated heterocycles. The third-order valence-corrected chi connectivity index (χ3v) is 4.65. The summed E-state index contributed by atoms with van der Waals surface area (Å²) >= 11 is 0. The summed E-state index contributed by atoms with van der Waals surface area (Å²) < 4.78 is 11.6. The quantitative estimate of drug-likeness (QED) is 0.595. The molecular formula is C22H24N4O2. The summed E-state index contributed by atoms with van der Waals surface area (Å²) in [6.07, 6.45) is 7.73. The molecule has 0 N–H and O–H groups in total. The van der Waals surface area contributed by atoms with Crippen molar-refractivity contribution in [2.24, 2.45) is 0 Å². The van der Waals surface area contributed by atoms with Gasteiger partial charge in [0, 0.05) is 44.8 Å². The highest BCUT2D eigenvalue weighted by Gasteiger charge is 2.20. The van der Waals surface area contributed by atoms with Crippen LogP contribution in [0.5, 0.6) is 11.8 Å². The van der Waals surface area contributed by atoms with Crippen LogP contribution < -0.4 is 4.74 Å². The molecule has 3 heterocycles. The second kappa shape index (κ2) is 9.39. The molecular weight excluding hydrogens is 352 g/mol. The smallest absolute Gasteiger partial charge is 0.321 e. The van der Waals surface area contributed by atoms with Crippen LogP contribution >= 0.6 is 0 Å². The van der Waals surface area contributed by atoms with Crippen LogP contribution in [0.1, 0.15) is 24.1 Å². The highest BCUT2D eigenvalue weighted by atomic mass is 16.5. The number of benzene rings is 1. The van der Waals surface area contributed by atoms with Crippen molar-refractivity contribution in [1.82, 2.24) is 19.9 Å². The SMILES string of the molecule is c1ccc(CN(Cc2cccc(Oc3ncccn3)c2)CC2CCCO2)nc1. The minimum Gasteiger partial charge on any atom is -0.424 e. The van der Waals surface area contributed by atoms with E-state index in [-0.39, 0.29) is 0 Å². The van der Waals surface area contributed by atoms with Gasteiger partial charge in [0.15, 0.2) is 0 Å². The predicted octanol–water partition coefficient (Wildman–Crippen LogP) is 3.85. The Kier molecular flexibility index (Phi) is 6.22. The van der Waals surface area contributed by atoms with Gasteiger partial charge in [0.1, 0.15) is 5.75 Å². The van der Waals surface area contributed by atoms with Crippen LogP contribution in [0.4, 0.5) is 0 Å². The molecule has 144 valence electrons. The van der Waals surface area contributed by atoms with Crippen molar-refractivity contribution in [2.45, 2.75) is 32.0 Å². The van der Waals surface area contributed by atoms with E-state index in [1.165, 1.54) is 5.56 Å². The van der Waals surface area contributed by atoms with Gasteiger partial charge in [0.05, 0.1) is 11.8 Å². The zero-order chi connectivity index (χ0) is 19.0. The second-order valence-electron chi connectivity index (χ2n) is 6.91. The summed E-state index contributed by atoms with van der Waals surface area (Å²) in [5, 5.41) is 0. The standard InChI is InChI=1S/C22H24N4O2/c1-2-10-23-19(7-1)16-26(17-21-9-4-13-27-21)15-18-6-3-8-20(14-18)28-22-24-11-5-12-25-22/h1-3,5-8,10-12,14,21H,4,9,13,15-17H2. The predicted molar refractivity (Wildman–Crippen MR) is 106 cm³/mol. The van der Waals surface area contributed by atoms with Gasteiger partial charge in [-0.1, -0.05) is 18.2 Å². The lowest BCUT2D eigenvalue weighted by Gasteiger charge is -2.25. The Hall–Kier alpha value is -2.83. The largest absolute Gasteiger partial charge is 0.424 e. The third kappa shape index (κ3) is 5.34. The first-order chi connectivity index (χ1) is 13.8. The zero-order valence-electron chi connectivity index (χ0n) is 15.8. The maximum Gasteiger partial charge on any atom is 0.321 e. The highest BCUT2D eigenvalue weighted by Crippen LogP contribution is 2.21. The number of pyridine rings is 1. The Morgan fingerprint density at radius 1 is 0.964 bits per heavy atom. The number of hydrogen-bond acceptors (Lipinski definition) is 6. The number of ether oxygens (including phenoxy) is 2. The first-order valence-corrected chi connectivity index (χ1v) is 9.63. The van der Waals surface area contributed by atoms with Gasteiger partial charge in [-0.05, 0) is 48.7 Å². The summed E-state index contributed by atoms with van der Waals surface area (Å²) in [6, 6.07) is 16.2. The van der Waals surface area contributed by atoms with Crippen molar-refractivity contribution in [3.63, 3.8) is 0 Å². The van der Waals surface area contributed by atoms with Crippen molar-refractivity contribution in [3.8, 4) is 11.8 Å². The fourth-order valence-corrected chi connectivity index (χ4v) is 3.39. The van der Waals surface area contributed by atoms with Crippen LogP contribution in [0.2, 0.25) is 0 Å². The summed E-state index contributed by atoms with van der Waals surface area (Å²) in [4.78, 5) is 15.1. The maximum atomic E-state index is 5.86. The molecule has 0 aliphatic carbocycles. The number of hydrogen-bond donors (Lipinski definition) is 0. The molecule has 0 saturated carbocycles. The van der Waals surface area contributed by atoms with Gasteiger partial charge >= 0.3 is 6.01 Å². The third-order valence-electron chi connectivity index (χ3n) is 4.65. The molecule has 1 aromatic carbocycles. The van der Waals surface area contributed by atoms with E-state index >= 15 is 0 Å². The molecule has 0 radical (unpaired) electrons. The molecule has 1 aliphatic heterocycles. The maximum absolute atomic E-state index is 5.86. The van der Waals surface area contributed by atoms with E-state index in [0.717, 1.165) is 50.5 Å². The van der Waals surface area contributed by atoms with Gasteiger partial charge in [-0.25, -0.2) is 9.97 Å². The summed E-state index contributed by atoms with van der Waals surface area (Å²) in [5.74, 6) is 0.735. The van der Waals surface area contributed by atoms with Crippen molar-refractivity contribution in [2.75, 3.05) is 13.2 Å². The molecule has 1 fully saturated rings. The Labute approximate surface area is 165 Å². The second-order valence-corrected chi connectivity index (χ2v) is 6.91. The van der Waals surface area contributed by atoms with E-state index in [4.69, 9.17) is 9.47 Å². The molecule has 3 aromatic rings. The van der Waals surface area contributed by atoms with Gasteiger partial charge in [-0.2, -0.15) is 0 Å². The van der Waals surface area contributed by atoms with Crippen LogP contribution in [-0.4, -0.2) is 39.1 Å². The van der Waals surface area contributed by atoms with Gasteiger partial charge in [0.2, 0.25) is 0 Å². The normalized spacial score (nSPS) is 16.4. The van der Waals surface area contributed by atoms with Crippen LogP contribution in [0, 0.1) is 0 Å². The topological polar surface area (TPSA) is 60.4 Å². The molecule has 0 bridgehead atoms. The average Bonchev–Trinajstić information content (AvgIpc) is 3.23. The number of rotatable bonds is 8. The van der Waals surface area contributed by atoms with E-state index in [2.05, 4.69) is 32.0 Å². The molecule has 6 heteroatoms. The van der Waals surface area contributed by atoms with Gasteiger partial charge in [0.25, 0.3) is 0 Å². The monoisotopic (exact) mass is 376 g/mol. The summed E-state index contributed by atoms with van der Waals surface area (Å²) in [7, 11) is 0. The van der Waals surface area contributed by atoms with Gasteiger partial charge < -0.3 is 9.47 Å². The Bertz CT molecular complexity index is 855. The number of nitrogens with zero attached hydrogens (tertiary/aromatic N) is 4. The average molecular weight is 376 g/mol. The molecule has 2 aromatic heterocycles. The molecule has 1 unspecified atom stereocenters. The van der Waals surface area contributed by atoms with Crippen LogP contribution in [0.3, 0.4) is 0 Å². The van der Waals surface area contributed by atoms with E-state index in [1.807, 2.05) is 36.5 Å². The first kappa shape index (κ1) is 18.5. The zero-order valence-corrected chi connectivity index (χ0v) is 15.8. The lowest BCUT2D eigenvalue weighted by Crippen LogP contribution is -2.31. The fraction of sp³-hybridized carbons (Fsp3) is 0.318. The van der Waals surface area contributed by atoms with Crippen molar-refractivity contribution < 1.29 is 9.47 Å². The van der Waals surface area contributed by atoms with Crippen LogP contribution in [-0.2, 0) is 17.8 Å². The van der Waals surface area contributed by atoms with E-state index in [1.54, 1.807) is 18.5 Å². The number of aromatic nitrogens is 3. The van der Waals surface area contributed by atoms with Crippen molar-refractivity contribution in [3.05, 3.63) is 78.4 Å². The van der Waals surface area contributed by atoms with E-state index in [9.17, 15) is 0 Å². The molecule has 0 amide bonds. The minimum absolute atomic E-state index is 0.292. The minimum atomic E-state index is 0.292. The molecule has 4 rings (SSSR count). The van der Waals surface area contributed by atoms with Gasteiger partial charge in [-0.15, -0.1) is 0 Å². The molecule has 28 heavy (non-hydrogen) atoms. The van der Waals surface area contributed by atoms with Crippen LogP contribution in [0.15, 0.2) is 67.1 Å². The first-order valence-electron chi connectivity index (χ1n) is 9.63. The Morgan fingerprint density at radius 2 is 1.86 bits per heavy atom. The van der Waals surface area contributed by atoms with Crippen molar-refractivity contribution in [1.29, 1.82) is 0 Å². The molecule has 1 aliphatic rings. The van der Waals surface area contributed by atoms with Gasteiger partial charge in [-0.3, -0.25) is 9.88 Å². The lowest BCUT2D eigenvalue weighted by molar-refractivity contribution is 0.0674. The van der Waals surface area contributed by atoms with E-state index in [0.29, 0.717) is 12.1 Å². The fourth-order valence-electron chi connectivity index (χ4n) is 3.39. The van der Waals surface area contributed by atoms with Crippen molar-refractivity contribution >= 4 is 0 Å². The summed E-state index contributed by atoms with van der Waals surface area (Å²) in [6.45, 7) is 3.34. The summed E-state index contributed by atoms with van der Waals surface area (Å²) in [5.41, 5.74) is 2.23. The lowest BCUT2D eigenvalue weighted by atomic mass is 10.1. The molecule has 6 nitrogen and oxygen atoms in total.